The molecule has 0 fully saturated rings. The van der Waals surface area contributed by atoms with Gasteiger partial charge < -0.3 is 5.32 Å². The number of anilines is 1. The molecule has 92 valence electrons. The maximum Gasteiger partial charge on any atom is 0.133 e. The molecule has 0 aliphatic heterocycles. The highest BCUT2D eigenvalue weighted by molar-refractivity contribution is 5.49. The maximum absolute atomic E-state index is 4.52. The quantitative estimate of drug-likeness (QED) is 0.894. The Labute approximate surface area is 107 Å². The van der Waals surface area contributed by atoms with Crippen LogP contribution in [0.5, 0.6) is 0 Å². The highest BCUT2D eigenvalue weighted by atomic mass is 15.0. The van der Waals surface area contributed by atoms with Crippen LogP contribution in [0.4, 0.5) is 5.82 Å². The number of nitrogens with zero attached hydrogens (tertiary/aromatic N) is 3. The smallest absolute Gasteiger partial charge is 0.133 e. The molecular weight excluding hydrogens is 224 g/mol. The zero-order valence-corrected chi connectivity index (χ0v) is 10.5. The highest BCUT2D eigenvalue weighted by Gasteiger charge is 2.17. The Bertz CT molecular complexity index is 551. The highest BCUT2D eigenvalue weighted by Crippen LogP contribution is 2.26. The van der Waals surface area contributed by atoms with Gasteiger partial charge in [0.15, 0.2) is 0 Å². The van der Waals surface area contributed by atoms with Crippen LogP contribution in [-0.4, -0.2) is 15.0 Å². The van der Waals surface area contributed by atoms with Gasteiger partial charge in [0.05, 0.1) is 0 Å². The van der Waals surface area contributed by atoms with Crippen LogP contribution in [0.15, 0.2) is 24.5 Å². The Balaban J connectivity index is 1.81. The number of hydrogen-bond acceptors (Lipinski definition) is 4. The first-order valence-electron chi connectivity index (χ1n) is 6.32. The number of hydrogen-bond donors (Lipinski definition) is 1. The van der Waals surface area contributed by atoms with E-state index in [1.165, 1.54) is 23.2 Å². The molecule has 0 unspecified atom stereocenters. The van der Waals surface area contributed by atoms with Gasteiger partial charge in [0.25, 0.3) is 0 Å². The van der Waals surface area contributed by atoms with E-state index in [0.29, 0.717) is 0 Å². The summed E-state index contributed by atoms with van der Waals surface area (Å²) in [6.07, 6.45) is 7.03. The van der Waals surface area contributed by atoms with Crippen LogP contribution >= 0.6 is 0 Å². The molecule has 0 amide bonds. The van der Waals surface area contributed by atoms with Gasteiger partial charge in [-0.05, 0) is 37.8 Å². The molecule has 4 nitrogen and oxygen atoms in total. The molecule has 2 aromatic rings. The summed E-state index contributed by atoms with van der Waals surface area (Å²) in [5.41, 5.74) is 3.68. The van der Waals surface area contributed by atoms with Gasteiger partial charge in [-0.2, -0.15) is 0 Å². The van der Waals surface area contributed by atoms with Crippen LogP contribution < -0.4 is 5.32 Å². The second-order valence-electron chi connectivity index (χ2n) is 4.61. The first kappa shape index (κ1) is 11.1. The lowest BCUT2D eigenvalue weighted by molar-refractivity contribution is 0.895. The van der Waals surface area contributed by atoms with Crippen LogP contribution in [0.1, 0.15) is 29.1 Å². The largest absolute Gasteiger partial charge is 0.366 e. The van der Waals surface area contributed by atoms with Gasteiger partial charge in [0.2, 0.25) is 0 Å². The lowest BCUT2D eigenvalue weighted by atomic mass is 10.2. The second kappa shape index (κ2) is 4.72. The van der Waals surface area contributed by atoms with Gasteiger partial charge in [-0.15, -0.1) is 0 Å². The number of rotatable bonds is 3. The third-order valence-electron chi connectivity index (χ3n) is 3.23. The lowest BCUT2D eigenvalue weighted by Crippen LogP contribution is -2.07. The molecule has 2 heterocycles. The van der Waals surface area contributed by atoms with Crippen molar-refractivity contribution in [2.75, 3.05) is 5.32 Å². The van der Waals surface area contributed by atoms with Gasteiger partial charge in [-0.25, -0.2) is 9.97 Å². The lowest BCUT2D eigenvalue weighted by Gasteiger charge is -2.10. The van der Waals surface area contributed by atoms with Crippen molar-refractivity contribution in [1.29, 1.82) is 0 Å². The Morgan fingerprint density at radius 1 is 1.28 bits per heavy atom. The fourth-order valence-corrected chi connectivity index (χ4v) is 2.39. The summed E-state index contributed by atoms with van der Waals surface area (Å²) in [5.74, 6) is 1.85. The molecule has 0 atom stereocenters. The fraction of sp³-hybridized carbons (Fsp3) is 0.357. The molecule has 0 bridgehead atoms. The minimum atomic E-state index is 0.761. The van der Waals surface area contributed by atoms with Crippen molar-refractivity contribution in [2.24, 2.45) is 0 Å². The van der Waals surface area contributed by atoms with E-state index in [0.717, 1.165) is 31.0 Å². The summed E-state index contributed by atoms with van der Waals surface area (Å²) in [6, 6.07) is 4.01. The number of nitrogens with one attached hydrogen (secondary N) is 1. The summed E-state index contributed by atoms with van der Waals surface area (Å²) in [5, 5.41) is 3.41. The Morgan fingerprint density at radius 3 is 3.06 bits per heavy atom. The van der Waals surface area contributed by atoms with Crippen LogP contribution in [0.3, 0.4) is 0 Å². The average Bonchev–Trinajstić information content (AvgIpc) is 2.85. The molecular formula is C14H16N4. The van der Waals surface area contributed by atoms with Crippen molar-refractivity contribution in [3.63, 3.8) is 0 Å². The molecule has 0 saturated carbocycles. The van der Waals surface area contributed by atoms with E-state index in [9.17, 15) is 0 Å². The molecule has 1 aliphatic rings. The average molecular weight is 240 g/mol. The standard InChI is InChI=1S/C14H16N4/c1-10-17-13-6-2-5-12(13)14(18-10)16-9-11-4-3-7-15-8-11/h3-4,7-8H,2,5-6,9H2,1H3,(H,16,17,18). The first-order chi connectivity index (χ1) is 8.83. The number of aromatic nitrogens is 3. The summed E-state index contributed by atoms with van der Waals surface area (Å²) in [6.45, 7) is 2.71. The SMILES string of the molecule is Cc1nc2c(c(NCc3cccnc3)n1)CCC2. The maximum atomic E-state index is 4.52. The van der Waals surface area contributed by atoms with Gasteiger partial charge in [-0.1, -0.05) is 6.07 Å². The second-order valence-corrected chi connectivity index (χ2v) is 4.61. The zero-order chi connectivity index (χ0) is 12.4. The first-order valence-corrected chi connectivity index (χ1v) is 6.32. The van der Waals surface area contributed by atoms with Crippen LogP contribution in [0.2, 0.25) is 0 Å². The molecule has 0 aromatic carbocycles. The number of fused-ring (bicyclic) bond motifs is 1. The minimum Gasteiger partial charge on any atom is -0.366 e. The predicted octanol–water partition coefficient (Wildman–Crippen LogP) is 2.28. The Hall–Kier alpha value is -1.97. The van der Waals surface area contributed by atoms with E-state index >= 15 is 0 Å². The molecule has 1 N–H and O–H groups in total. The third-order valence-corrected chi connectivity index (χ3v) is 3.23. The molecule has 0 radical (unpaired) electrons. The molecule has 2 aromatic heterocycles. The molecule has 3 rings (SSSR count). The van der Waals surface area contributed by atoms with Crippen LogP contribution in [0.25, 0.3) is 0 Å². The van der Waals surface area contributed by atoms with Gasteiger partial charge in [-0.3, -0.25) is 4.98 Å². The minimum absolute atomic E-state index is 0.761. The van der Waals surface area contributed by atoms with Crippen molar-refractivity contribution >= 4 is 5.82 Å². The summed E-state index contributed by atoms with van der Waals surface area (Å²) >= 11 is 0. The van der Waals surface area contributed by atoms with E-state index in [2.05, 4.69) is 26.3 Å². The van der Waals surface area contributed by atoms with E-state index < -0.39 is 0 Å². The van der Waals surface area contributed by atoms with Gasteiger partial charge in [0.1, 0.15) is 11.6 Å². The number of aryl methyl sites for hydroxylation is 2. The van der Waals surface area contributed by atoms with E-state index in [1.807, 2.05) is 19.2 Å². The van der Waals surface area contributed by atoms with Crippen molar-refractivity contribution in [3.8, 4) is 0 Å². The summed E-state index contributed by atoms with van der Waals surface area (Å²) in [7, 11) is 0. The topological polar surface area (TPSA) is 50.7 Å². The Morgan fingerprint density at radius 2 is 2.22 bits per heavy atom. The molecule has 4 heteroatoms. The fourth-order valence-electron chi connectivity index (χ4n) is 2.39. The van der Waals surface area contributed by atoms with E-state index in [4.69, 9.17) is 0 Å². The predicted molar refractivity (Wildman–Crippen MR) is 70.4 cm³/mol. The third kappa shape index (κ3) is 2.18. The van der Waals surface area contributed by atoms with Crippen LogP contribution in [-0.2, 0) is 19.4 Å². The number of pyridine rings is 1. The summed E-state index contributed by atoms with van der Waals surface area (Å²) in [4.78, 5) is 13.1. The van der Waals surface area contributed by atoms with Crippen molar-refractivity contribution in [3.05, 3.63) is 47.2 Å². The summed E-state index contributed by atoms with van der Waals surface area (Å²) < 4.78 is 0. The van der Waals surface area contributed by atoms with Crippen molar-refractivity contribution in [1.82, 2.24) is 15.0 Å². The van der Waals surface area contributed by atoms with Crippen molar-refractivity contribution < 1.29 is 0 Å². The van der Waals surface area contributed by atoms with Gasteiger partial charge in [0, 0.05) is 30.2 Å². The molecule has 18 heavy (non-hydrogen) atoms. The van der Waals surface area contributed by atoms with Gasteiger partial charge >= 0.3 is 0 Å². The van der Waals surface area contributed by atoms with E-state index in [1.54, 1.807) is 6.20 Å². The molecule has 0 saturated heterocycles. The molecule has 0 spiro atoms. The van der Waals surface area contributed by atoms with Crippen LogP contribution in [0, 0.1) is 6.92 Å². The zero-order valence-electron chi connectivity index (χ0n) is 10.5. The molecule has 1 aliphatic carbocycles. The Kier molecular flexibility index (Phi) is 2.92. The van der Waals surface area contributed by atoms with Crippen molar-refractivity contribution in [2.45, 2.75) is 32.7 Å². The van der Waals surface area contributed by atoms with E-state index in [-0.39, 0.29) is 0 Å². The monoisotopic (exact) mass is 240 g/mol. The normalized spacial score (nSPS) is 13.4.